The number of hydrogen-bond donors (Lipinski definition) is 1. The molecule has 0 aliphatic carbocycles. The summed E-state index contributed by atoms with van der Waals surface area (Å²) in [6.45, 7) is 3.56. The van der Waals surface area contributed by atoms with E-state index in [4.69, 9.17) is 18.9 Å². The van der Waals surface area contributed by atoms with Gasteiger partial charge in [-0.05, 0) is 42.8 Å². The lowest BCUT2D eigenvalue weighted by molar-refractivity contribution is -0.121. The zero-order valence-electron chi connectivity index (χ0n) is 16.4. The van der Waals surface area contributed by atoms with Gasteiger partial charge in [-0.3, -0.25) is 9.59 Å². The molecule has 29 heavy (non-hydrogen) atoms. The molecule has 1 heterocycles. The standard InChI is InChI=1S/C22H25NO6/c1-2-12-26-17-5-3-16(4-6-17)19(24)8-10-22(25)23-11-13-27-18-7-9-20-21(14-18)29-15-28-20/h3-7,9,14H,2,8,10-13,15H2,1H3,(H,23,25). The first-order chi connectivity index (χ1) is 14.2. The molecule has 0 spiro atoms. The normalized spacial score (nSPS) is 11.8. The third-order valence-corrected chi connectivity index (χ3v) is 4.27. The number of amides is 1. The van der Waals surface area contributed by atoms with Crippen molar-refractivity contribution in [3.63, 3.8) is 0 Å². The minimum Gasteiger partial charge on any atom is -0.494 e. The Morgan fingerprint density at radius 3 is 2.45 bits per heavy atom. The van der Waals surface area contributed by atoms with Crippen LogP contribution in [0.4, 0.5) is 0 Å². The van der Waals surface area contributed by atoms with Gasteiger partial charge in [0.1, 0.15) is 18.1 Å². The Morgan fingerprint density at radius 2 is 1.66 bits per heavy atom. The third-order valence-electron chi connectivity index (χ3n) is 4.27. The van der Waals surface area contributed by atoms with E-state index >= 15 is 0 Å². The summed E-state index contributed by atoms with van der Waals surface area (Å²) in [4.78, 5) is 24.2. The Kier molecular flexibility index (Phi) is 7.33. The minimum atomic E-state index is -0.185. The monoisotopic (exact) mass is 399 g/mol. The SMILES string of the molecule is CCCOc1ccc(C(=O)CCC(=O)NCCOc2ccc3c(c2)OCO3)cc1. The second-order valence-electron chi connectivity index (χ2n) is 6.51. The predicted molar refractivity (Wildman–Crippen MR) is 107 cm³/mol. The van der Waals surface area contributed by atoms with Gasteiger partial charge < -0.3 is 24.3 Å². The Balaban J connectivity index is 1.32. The highest BCUT2D eigenvalue weighted by Crippen LogP contribution is 2.34. The molecule has 1 amide bonds. The molecule has 0 atom stereocenters. The summed E-state index contributed by atoms with van der Waals surface area (Å²) in [6, 6.07) is 12.3. The molecule has 7 nitrogen and oxygen atoms in total. The Labute approximate surface area is 169 Å². The molecule has 154 valence electrons. The molecule has 1 aliphatic heterocycles. The number of nitrogens with one attached hydrogen (secondary N) is 1. The third kappa shape index (κ3) is 6.14. The number of ketones is 1. The van der Waals surface area contributed by atoms with Gasteiger partial charge >= 0.3 is 0 Å². The molecule has 0 radical (unpaired) electrons. The molecule has 0 saturated carbocycles. The van der Waals surface area contributed by atoms with Crippen LogP contribution in [0.5, 0.6) is 23.0 Å². The number of carbonyl (C=O) groups is 2. The number of carbonyl (C=O) groups excluding carboxylic acids is 2. The minimum absolute atomic E-state index is 0.0706. The van der Waals surface area contributed by atoms with Gasteiger partial charge in [0.25, 0.3) is 0 Å². The lowest BCUT2D eigenvalue weighted by Gasteiger charge is -2.08. The van der Waals surface area contributed by atoms with E-state index < -0.39 is 0 Å². The summed E-state index contributed by atoms with van der Waals surface area (Å²) in [6.07, 6.45) is 1.22. The van der Waals surface area contributed by atoms with E-state index in [0.29, 0.717) is 42.6 Å². The Morgan fingerprint density at radius 1 is 0.931 bits per heavy atom. The smallest absolute Gasteiger partial charge is 0.231 e. The second kappa shape index (κ2) is 10.4. The van der Waals surface area contributed by atoms with Crippen molar-refractivity contribution in [1.29, 1.82) is 0 Å². The predicted octanol–water partition coefficient (Wildman–Crippen LogP) is 3.36. The van der Waals surface area contributed by atoms with Crippen molar-refractivity contribution in [3.05, 3.63) is 48.0 Å². The van der Waals surface area contributed by atoms with Crippen molar-refractivity contribution in [2.24, 2.45) is 0 Å². The van der Waals surface area contributed by atoms with E-state index in [2.05, 4.69) is 5.32 Å². The van der Waals surface area contributed by atoms with Gasteiger partial charge in [0.2, 0.25) is 12.7 Å². The lowest BCUT2D eigenvalue weighted by Crippen LogP contribution is -2.28. The highest BCUT2D eigenvalue weighted by atomic mass is 16.7. The van der Waals surface area contributed by atoms with Crippen LogP contribution in [0.1, 0.15) is 36.5 Å². The van der Waals surface area contributed by atoms with E-state index in [9.17, 15) is 9.59 Å². The number of rotatable bonds is 11. The van der Waals surface area contributed by atoms with Gasteiger partial charge in [0, 0.05) is 24.5 Å². The number of fused-ring (bicyclic) bond motifs is 1. The molecule has 2 aromatic rings. The van der Waals surface area contributed by atoms with Gasteiger partial charge in [0.05, 0.1) is 13.2 Å². The average molecular weight is 399 g/mol. The Bertz CT molecular complexity index is 834. The number of ether oxygens (including phenoxy) is 4. The van der Waals surface area contributed by atoms with Crippen LogP contribution < -0.4 is 24.3 Å². The van der Waals surface area contributed by atoms with Crippen molar-refractivity contribution in [2.75, 3.05) is 26.6 Å². The highest BCUT2D eigenvalue weighted by molar-refractivity contribution is 5.98. The summed E-state index contributed by atoms with van der Waals surface area (Å²) in [7, 11) is 0. The summed E-state index contributed by atoms with van der Waals surface area (Å²) >= 11 is 0. The van der Waals surface area contributed by atoms with E-state index in [1.54, 1.807) is 42.5 Å². The van der Waals surface area contributed by atoms with Crippen molar-refractivity contribution >= 4 is 11.7 Å². The van der Waals surface area contributed by atoms with Gasteiger partial charge in [-0.1, -0.05) is 6.92 Å². The largest absolute Gasteiger partial charge is 0.494 e. The fraction of sp³-hybridized carbons (Fsp3) is 0.364. The summed E-state index contributed by atoms with van der Waals surface area (Å²) in [5, 5.41) is 2.75. The molecule has 1 N–H and O–H groups in total. The number of benzene rings is 2. The number of hydrogen-bond acceptors (Lipinski definition) is 6. The molecular formula is C22H25NO6. The van der Waals surface area contributed by atoms with Crippen LogP contribution >= 0.6 is 0 Å². The summed E-state index contributed by atoms with van der Waals surface area (Å²) < 4.78 is 21.6. The summed E-state index contributed by atoms with van der Waals surface area (Å²) in [5.41, 5.74) is 0.577. The van der Waals surface area contributed by atoms with E-state index in [1.807, 2.05) is 6.92 Å². The van der Waals surface area contributed by atoms with Crippen LogP contribution in [0.3, 0.4) is 0 Å². The zero-order valence-corrected chi connectivity index (χ0v) is 16.4. The quantitative estimate of drug-likeness (QED) is 0.461. The van der Waals surface area contributed by atoms with Crippen molar-refractivity contribution in [2.45, 2.75) is 26.2 Å². The van der Waals surface area contributed by atoms with Crippen molar-refractivity contribution in [1.82, 2.24) is 5.32 Å². The van der Waals surface area contributed by atoms with E-state index in [1.165, 1.54) is 0 Å². The fourth-order valence-corrected chi connectivity index (χ4v) is 2.74. The lowest BCUT2D eigenvalue weighted by atomic mass is 10.1. The molecule has 0 fully saturated rings. The van der Waals surface area contributed by atoms with Crippen LogP contribution in [-0.4, -0.2) is 38.2 Å². The molecule has 1 aliphatic rings. The Hall–Kier alpha value is -3.22. The van der Waals surface area contributed by atoms with Gasteiger partial charge in [-0.25, -0.2) is 0 Å². The second-order valence-corrected chi connectivity index (χ2v) is 6.51. The highest BCUT2D eigenvalue weighted by Gasteiger charge is 2.14. The first kappa shape index (κ1) is 20.5. The molecule has 2 aromatic carbocycles. The fourth-order valence-electron chi connectivity index (χ4n) is 2.74. The zero-order chi connectivity index (χ0) is 20.5. The maximum absolute atomic E-state index is 12.2. The molecular weight excluding hydrogens is 374 g/mol. The molecule has 0 unspecified atom stereocenters. The number of Topliss-reactive ketones (excluding diaryl/α,β-unsaturated/α-hetero) is 1. The first-order valence-electron chi connectivity index (χ1n) is 9.71. The van der Waals surface area contributed by atoms with Crippen LogP contribution in [0.15, 0.2) is 42.5 Å². The summed E-state index contributed by atoms with van der Waals surface area (Å²) in [5.74, 6) is 2.47. The van der Waals surface area contributed by atoms with Gasteiger partial charge in [-0.2, -0.15) is 0 Å². The van der Waals surface area contributed by atoms with E-state index in [-0.39, 0.29) is 31.3 Å². The van der Waals surface area contributed by atoms with Crippen molar-refractivity contribution < 1.29 is 28.5 Å². The van der Waals surface area contributed by atoms with Crippen LogP contribution in [-0.2, 0) is 4.79 Å². The van der Waals surface area contributed by atoms with Crippen LogP contribution in [0, 0.1) is 0 Å². The molecule has 3 rings (SSSR count). The van der Waals surface area contributed by atoms with Gasteiger partial charge in [-0.15, -0.1) is 0 Å². The molecule has 7 heteroatoms. The van der Waals surface area contributed by atoms with Crippen molar-refractivity contribution in [3.8, 4) is 23.0 Å². The topological polar surface area (TPSA) is 83.1 Å². The van der Waals surface area contributed by atoms with Gasteiger partial charge in [0.15, 0.2) is 17.3 Å². The van der Waals surface area contributed by atoms with E-state index in [0.717, 1.165) is 12.2 Å². The first-order valence-corrected chi connectivity index (χ1v) is 9.71. The van der Waals surface area contributed by atoms with Crippen LogP contribution in [0.25, 0.3) is 0 Å². The average Bonchev–Trinajstić information content (AvgIpc) is 3.22. The maximum Gasteiger partial charge on any atom is 0.231 e. The molecule has 0 saturated heterocycles. The maximum atomic E-state index is 12.2. The van der Waals surface area contributed by atoms with Crippen LogP contribution in [0.2, 0.25) is 0 Å². The molecule has 0 aromatic heterocycles. The molecule has 0 bridgehead atoms.